The summed E-state index contributed by atoms with van der Waals surface area (Å²) in [4.78, 5) is 5.02. The summed E-state index contributed by atoms with van der Waals surface area (Å²) in [5.41, 5.74) is 6.76. The van der Waals surface area contributed by atoms with Gasteiger partial charge in [-0.1, -0.05) is 86.2 Å². The predicted octanol–water partition coefficient (Wildman–Crippen LogP) is 7.63. The predicted molar refractivity (Wildman–Crippen MR) is 146 cm³/mol. The van der Waals surface area contributed by atoms with Crippen molar-refractivity contribution in [2.24, 2.45) is 5.92 Å². The lowest BCUT2D eigenvalue weighted by Gasteiger charge is -2.43. The first-order valence-electron chi connectivity index (χ1n) is 13.3. The Morgan fingerprint density at radius 2 is 1.80 bits per heavy atom. The summed E-state index contributed by atoms with van der Waals surface area (Å²) >= 11 is 5.81. The van der Waals surface area contributed by atoms with E-state index in [1.165, 1.54) is 35.2 Å². The van der Waals surface area contributed by atoms with Gasteiger partial charge in [-0.2, -0.15) is 0 Å². The van der Waals surface area contributed by atoms with Crippen LogP contribution in [0, 0.1) is 17.5 Å². The Morgan fingerprint density at radius 3 is 2.54 bits per heavy atom. The van der Waals surface area contributed by atoms with Crippen LogP contribution in [0.3, 0.4) is 0 Å². The van der Waals surface area contributed by atoms with Gasteiger partial charge in [0.05, 0.1) is 6.10 Å². The van der Waals surface area contributed by atoms with E-state index in [0.29, 0.717) is 12.0 Å². The molecule has 184 valence electrons. The molecule has 5 rings (SSSR count). The van der Waals surface area contributed by atoms with Crippen molar-refractivity contribution in [2.45, 2.75) is 83.8 Å². The standard InChI is InChI=1S/C31H38N2OS/c1-22(2)28-21-31(18-20-34-28,25-15-13-23(3)14-16-25)17-19-33-27-12-8-7-11-26(27)30(35)32-29(33)24-9-5-4-6-10-24/h4-6,9-10,13-16,22,28H,7-8,11-12,17-21H2,1-3H3. The fourth-order valence-electron chi connectivity index (χ4n) is 6.06. The Kier molecular flexibility index (Phi) is 7.22. The van der Waals surface area contributed by atoms with Gasteiger partial charge in [0, 0.05) is 35.4 Å². The zero-order chi connectivity index (χ0) is 24.4. The van der Waals surface area contributed by atoms with E-state index in [-0.39, 0.29) is 5.41 Å². The molecule has 0 radical (unpaired) electrons. The number of ether oxygens (including phenoxy) is 1. The summed E-state index contributed by atoms with van der Waals surface area (Å²) in [7, 11) is 0. The van der Waals surface area contributed by atoms with Crippen molar-refractivity contribution in [2.75, 3.05) is 6.61 Å². The second-order valence-corrected chi connectivity index (χ2v) is 11.3. The summed E-state index contributed by atoms with van der Waals surface area (Å²) in [6.45, 7) is 8.54. The van der Waals surface area contributed by atoms with Crippen LogP contribution in [0.5, 0.6) is 0 Å². The quantitative estimate of drug-likeness (QED) is 0.335. The minimum atomic E-state index is 0.107. The highest BCUT2D eigenvalue weighted by atomic mass is 32.1. The molecule has 0 bridgehead atoms. The van der Waals surface area contributed by atoms with Gasteiger partial charge in [-0.25, -0.2) is 4.98 Å². The van der Waals surface area contributed by atoms with Crippen LogP contribution < -0.4 is 0 Å². The van der Waals surface area contributed by atoms with Crippen molar-refractivity contribution in [3.8, 4) is 11.4 Å². The molecule has 3 nitrogen and oxygen atoms in total. The van der Waals surface area contributed by atoms with E-state index >= 15 is 0 Å². The zero-order valence-electron chi connectivity index (χ0n) is 21.4. The lowest BCUT2D eigenvalue weighted by atomic mass is 9.68. The molecule has 0 amide bonds. The first-order valence-corrected chi connectivity index (χ1v) is 13.7. The SMILES string of the molecule is Cc1ccc(C2(CCn3c(-c4ccccc4)nc(=S)c4c3CCCC4)CCOC(C(C)C)C2)cc1. The molecule has 1 aliphatic heterocycles. The summed E-state index contributed by atoms with van der Waals surface area (Å²) in [5, 5.41) is 0. The van der Waals surface area contributed by atoms with Crippen molar-refractivity contribution in [1.82, 2.24) is 9.55 Å². The molecule has 2 aromatic carbocycles. The summed E-state index contributed by atoms with van der Waals surface area (Å²) < 4.78 is 9.58. The largest absolute Gasteiger partial charge is 0.378 e. The molecule has 2 aliphatic rings. The molecule has 1 aromatic heterocycles. The topological polar surface area (TPSA) is 27.1 Å². The normalized spacial score (nSPS) is 22.2. The fourth-order valence-corrected chi connectivity index (χ4v) is 6.37. The highest BCUT2D eigenvalue weighted by molar-refractivity contribution is 7.71. The number of aromatic nitrogens is 2. The van der Waals surface area contributed by atoms with Gasteiger partial charge < -0.3 is 9.30 Å². The third-order valence-corrected chi connectivity index (χ3v) is 8.58. The number of rotatable bonds is 6. The second-order valence-electron chi connectivity index (χ2n) is 10.9. The molecule has 1 aliphatic carbocycles. The van der Waals surface area contributed by atoms with Gasteiger partial charge in [0.2, 0.25) is 0 Å². The molecular weight excluding hydrogens is 448 g/mol. The maximum atomic E-state index is 6.26. The third kappa shape index (κ3) is 5.01. The fraction of sp³-hybridized carbons (Fsp3) is 0.484. The maximum Gasteiger partial charge on any atom is 0.141 e. The number of hydrogen-bond donors (Lipinski definition) is 0. The van der Waals surface area contributed by atoms with Crippen molar-refractivity contribution in [3.05, 3.63) is 81.6 Å². The molecule has 0 spiro atoms. The first kappa shape index (κ1) is 24.4. The molecule has 3 aromatic rings. The minimum Gasteiger partial charge on any atom is -0.378 e. The highest BCUT2D eigenvalue weighted by Crippen LogP contribution is 2.43. The Bertz CT molecular complexity index is 1220. The van der Waals surface area contributed by atoms with Crippen LogP contribution in [0.2, 0.25) is 0 Å². The lowest BCUT2D eigenvalue weighted by molar-refractivity contribution is -0.0479. The van der Waals surface area contributed by atoms with Gasteiger partial charge in [0.15, 0.2) is 0 Å². The molecular formula is C31H38N2OS. The van der Waals surface area contributed by atoms with Crippen LogP contribution in [-0.4, -0.2) is 22.3 Å². The molecule has 4 heteroatoms. The molecule has 2 heterocycles. The zero-order valence-corrected chi connectivity index (χ0v) is 22.2. The van der Waals surface area contributed by atoms with Crippen molar-refractivity contribution < 1.29 is 4.74 Å². The van der Waals surface area contributed by atoms with Crippen LogP contribution in [0.15, 0.2) is 54.6 Å². The van der Waals surface area contributed by atoms with Crippen LogP contribution in [0.4, 0.5) is 0 Å². The second kappa shape index (κ2) is 10.4. The van der Waals surface area contributed by atoms with E-state index in [4.69, 9.17) is 21.9 Å². The summed E-state index contributed by atoms with van der Waals surface area (Å²) in [5.74, 6) is 1.55. The van der Waals surface area contributed by atoms with E-state index in [1.807, 2.05) is 0 Å². The third-order valence-electron chi connectivity index (χ3n) is 8.24. The first-order chi connectivity index (χ1) is 17.0. The highest BCUT2D eigenvalue weighted by Gasteiger charge is 2.39. The van der Waals surface area contributed by atoms with Crippen LogP contribution >= 0.6 is 12.2 Å². The Labute approximate surface area is 215 Å². The van der Waals surface area contributed by atoms with E-state index in [2.05, 4.69) is 79.9 Å². The van der Waals surface area contributed by atoms with Crippen LogP contribution in [-0.2, 0) is 29.5 Å². The van der Waals surface area contributed by atoms with Crippen molar-refractivity contribution in [3.63, 3.8) is 0 Å². The van der Waals surface area contributed by atoms with Crippen LogP contribution in [0.25, 0.3) is 11.4 Å². The van der Waals surface area contributed by atoms with Crippen molar-refractivity contribution in [1.29, 1.82) is 0 Å². The van der Waals surface area contributed by atoms with Crippen molar-refractivity contribution >= 4 is 12.2 Å². The number of fused-ring (bicyclic) bond motifs is 1. The number of benzene rings is 2. The number of nitrogens with zero attached hydrogens (tertiary/aromatic N) is 2. The monoisotopic (exact) mass is 486 g/mol. The van der Waals surface area contributed by atoms with Crippen LogP contribution in [0.1, 0.15) is 68.3 Å². The van der Waals surface area contributed by atoms with E-state index in [9.17, 15) is 0 Å². The van der Waals surface area contributed by atoms with Gasteiger partial charge in [0.1, 0.15) is 10.5 Å². The molecule has 2 atom stereocenters. The van der Waals surface area contributed by atoms with E-state index < -0.39 is 0 Å². The maximum absolute atomic E-state index is 6.26. The number of hydrogen-bond acceptors (Lipinski definition) is 3. The Balaban J connectivity index is 1.57. The van der Waals surface area contributed by atoms with E-state index in [1.54, 1.807) is 0 Å². The Hall–Kier alpha value is -2.30. The van der Waals surface area contributed by atoms with Gasteiger partial charge in [-0.15, -0.1) is 0 Å². The van der Waals surface area contributed by atoms with E-state index in [0.717, 1.165) is 61.3 Å². The molecule has 0 saturated carbocycles. The molecule has 2 unspecified atom stereocenters. The molecule has 35 heavy (non-hydrogen) atoms. The van der Waals surface area contributed by atoms with Gasteiger partial charge in [-0.3, -0.25) is 0 Å². The smallest absolute Gasteiger partial charge is 0.141 e. The summed E-state index contributed by atoms with van der Waals surface area (Å²) in [6, 6.07) is 19.9. The molecule has 1 fully saturated rings. The number of aryl methyl sites for hydroxylation is 1. The molecule has 1 saturated heterocycles. The molecule has 0 N–H and O–H groups in total. The average molecular weight is 487 g/mol. The Morgan fingerprint density at radius 1 is 1.06 bits per heavy atom. The lowest BCUT2D eigenvalue weighted by Crippen LogP contribution is -2.41. The minimum absolute atomic E-state index is 0.107. The van der Waals surface area contributed by atoms with Gasteiger partial charge >= 0.3 is 0 Å². The van der Waals surface area contributed by atoms with Gasteiger partial charge in [0.25, 0.3) is 0 Å². The average Bonchev–Trinajstić information content (AvgIpc) is 2.89. The van der Waals surface area contributed by atoms with Gasteiger partial charge in [-0.05, 0) is 63.4 Å². The summed E-state index contributed by atoms with van der Waals surface area (Å²) in [6.07, 6.45) is 8.11.